The number of likely N-dealkylation sites (N-methyl/N-ethyl adjacent to an activating group) is 1. The van der Waals surface area contributed by atoms with E-state index in [9.17, 15) is 4.79 Å². The molecule has 0 spiro atoms. The fourth-order valence-electron chi connectivity index (χ4n) is 4.39. The lowest BCUT2D eigenvalue weighted by Crippen LogP contribution is -2.45. The smallest absolute Gasteiger partial charge is 0.225 e. The number of hydrogen-bond donors (Lipinski definition) is 2. The Morgan fingerprint density at radius 3 is 2.56 bits per heavy atom. The van der Waals surface area contributed by atoms with E-state index in [-0.39, 0.29) is 17.9 Å². The first kappa shape index (κ1) is 24.5. The maximum absolute atomic E-state index is 12.2. The van der Waals surface area contributed by atoms with E-state index in [1.807, 2.05) is 18.7 Å². The highest BCUT2D eigenvalue weighted by Crippen LogP contribution is 2.13. The van der Waals surface area contributed by atoms with Gasteiger partial charge in [0.25, 0.3) is 0 Å². The molecule has 2 saturated heterocycles. The summed E-state index contributed by atoms with van der Waals surface area (Å²) in [6, 6.07) is 9.14. The van der Waals surface area contributed by atoms with E-state index >= 15 is 0 Å². The topological polar surface area (TPSA) is 63.2 Å². The Morgan fingerprint density at radius 1 is 1.09 bits per heavy atom. The van der Waals surface area contributed by atoms with E-state index in [2.05, 4.69) is 58.7 Å². The second kappa shape index (κ2) is 12.2. The van der Waals surface area contributed by atoms with Crippen LogP contribution in [0.25, 0.3) is 0 Å². The number of likely N-dealkylation sites (tertiary alicyclic amines) is 1. The van der Waals surface area contributed by atoms with Gasteiger partial charge in [0.1, 0.15) is 0 Å². The first-order valence-corrected chi connectivity index (χ1v) is 12.3. The van der Waals surface area contributed by atoms with Crippen LogP contribution in [-0.2, 0) is 17.9 Å². The number of benzene rings is 1. The fourth-order valence-corrected chi connectivity index (χ4v) is 4.39. The van der Waals surface area contributed by atoms with Gasteiger partial charge in [0.15, 0.2) is 5.96 Å². The minimum Gasteiger partial charge on any atom is -0.357 e. The van der Waals surface area contributed by atoms with E-state index < -0.39 is 0 Å². The molecule has 0 aliphatic carbocycles. The largest absolute Gasteiger partial charge is 0.357 e. The molecule has 0 saturated carbocycles. The maximum atomic E-state index is 12.2. The monoisotopic (exact) mass is 442 g/mol. The van der Waals surface area contributed by atoms with Crippen LogP contribution in [0.2, 0.25) is 0 Å². The molecule has 3 rings (SSSR count). The predicted octanol–water partition coefficient (Wildman–Crippen LogP) is 2.14. The van der Waals surface area contributed by atoms with Crippen LogP contribution in [0.3, 0.4) is 0 Å². The minimum absolute atomic E-state index is 0.0549. The Bertz CT molecular complexity index is 747. The van der Waals surface area contributed by atoms with E-state index in [1.165, 1.54) is 30.6 Å². The van der Waals surface area contributed by atoms with Crippen molar-refractivity contribution in [2.24, 2.45) is 10.9 Å². The molecule has 178 valence electrons. The lowest BCUT2D eigenvalue weighted by molar-refractivity contribution is -0.133. The van der Waals surface area contributed by atoms with Crippen LogP contribution in [0.4, 0.5) is 0 Å². The molecule has 2 fully saturated rings. The summed E-state index contributed by atoms with van der Waals surface area (Å²) in [5, 5.41) is 6.87. The lowest BCUT2D eigenvalue weighted by atomic mass is 10.1. The van der Waals surface area contributed by atoms with Crippen molar-refractivity contribution in [3.05, 3.63) is 35.4 Å². The number of nitrogens with one attached hydrogen (secondary N) is 2. The number of carbonyl (C=O) groups excluding carboxylic acids is 1. The van der Waals surface area contributed by atoms with Crippen LogP contribution in [0.1, 0.15) is 44.7 Å². The molecule has 2 aliphatic rings. The van der Waals surface area contributed by atoms with E-state index in [0.717, 1.165) is 51.6 Å². The van der Waals surface area contributed by atoms with Crippen LogP contribution in [0.5, 0.6) is 0 Å². The Kier molecular flexibility index (Phi) is 9.36. The second-order valence-electron chi connectivity index (χ2n) is 9.51. The van der Waals surface area contributed by atoms with Crippen LogP contribution in [-0.4, -0.2) is 85.5 Å². The molecule has 0 aromatic heterocycles. The Labute approximate surface area is 194 Å². The van der Waals surface area contributed by atoms with Crippen LogP contribution < -0.4 is 10.6 Å². The van der Waals surface area contributed by atoms with Gasteiger partial charge in [-0.1, -0.05) is 38.1 Å². The maximum Gasteiger partial charge on any atom is 0.225 e. The predicted molar refractivity (Wildman–Crippen MR) is 132 cm³/mol. The summed E-state index contributed by atoms with van der Waals surface area (Å²) in [6.45, 7) is 14.7. The number of guanidine groups is 1. The summed E-state index contributed by atoms with van der Waals surface area (Å²) in [5.74, 6) is 1.12. The van der Waals surface area contributed by atoms with Gasteiger partial charge in [-0.3, -0.25) is 9.69 Å². The molecule has 0 bridgehead atoms. The van der Waals surface area contributed by atoms with Gasteiger partial charge >= 0.3 is 0 Å². The zero-order valence-electron chi connectivity index (χ0n) is 20.4. The number of aliphatic imine (C=N–C) groups is 1. The molecular formula is C25H42N6O. The van der Waals surface area contributed by atoms with Gasteiger partial charge in [0.05, 0.1) is 6.54 Å². The molecule has 32 heavy (non-hydrogen) atoms. The molecule has 2 N–H and O–H groups in total. The third-order valence-electron chi connectivity index (χ3n) is 6.34. The van der Waals surface area contributed by atoms with Crippen LogP contribution in [0.15, 0.2) is 29.3 Å². The van der Waals surface area contributed by atoms with Crippen molar-refractivity contribution in [1.29, 1.82) is 0 Å². The van der Waals surface area contributed by atoms with Crippen molar-refractivity contribution in [3.63, 3.8) is 0 Å². The molecule has 1 atom stereocenters. The number of amides is 1. The minimum atomic E-state index is 0.0549. The molecular weight excluding hydrogens is 400 g/mol. The van der Waals surface area contributed by atoms with Gasteiger partial charge in [-0.15, -0.1) is 0 Å². The molecule has 1 unspecified atom stereocenters. The number of rotatable bonds is 7. The van der Waals surface area contributed by atoms with Crippen molar-refractivity contribution >= 4 is 11.9 Å². The van der Waals surface area contributed by atoms with E-state index in [4.69, 9.17) is 4.99 Å². The van der Waals surface area contributed by atoms with Gasteiger partial charge < -0.3 is 20.4 Å². The molecule has 1 aromatic carbocycles. The van der Waals surface area contributed by atoms with Crippen molar-refractivity contribution in [2.75, 3.05) is 52.9 Å². The highest BCUT2D eigenvalue weighted by atomic mass is 16.2. The number of nitrogens with zero attached hydrogens (tertiary/aromatic N) is 4. The summed E-state index contributed by atoms with van der Waals surface area (Å²) in [5.41, 5.74) is 2.58. The Hall–Kier alpha value is -2.12. The first-order chi connectivity index (χ1) is 15.4. The van der Waals surface area contributed by atoms with Crippen molar-refractivity contribution in [2.45, 2.75) is 52.7 Å². The molecule has 2 heterocycles. The highest BCUT2D eigenvalue weighted by molar-refractivity contribution is 5.81. The summed E-state index contributed by atoms with van der Waals surface area (Å²) in [7, 11) is 2.21. The van der Waals surface area contributed by atoms with Crippen LogP contribution in [0, 0.1) is 5.92 Å². The second-order valence-corrected chi connectivity index (χ2v) is 9.51. The molecule has 7 heteroatoms. The molecule has 2 aliphatic heterocycles. The van der Waals surface area contributed by atoms with Gasteiger partial charge in [0.2, 0.25) is 5.91 Å². The standard InChI is InChI=1S/C25H42N6O/c1-5-26-25(28-23-11-14-31(19-23)24(32)20(2)3)27-17-21-7-9-22(10-8-21)18-30-13-6-12-29(4)15-16-30/h7-10,20,23H,5-6,11-19H2,1-4H3,(H2,26,27,28). The summed E-state index contributed by atoms with van der Waals surface area (Å²) in [4.78, 5) is 24.0. The average Bonchev–Trinajstić information content (AvgIpc) is 3.14. The zero-order chi connectivity index (χ0) is 22.9. The third-order valence-corrected chi connectivity index (χ3v) is 6.34. The third kappa shape index (κ3) is 7.48. The van der Waals surface area contributed by atoms with E-state index in [1.54, 1.807) is 0 Å². The normalized spacial score (nSPS) is 21.1. The fraction of sp³-hybridized carbons (Fsp3) is 0.680. The van der Waals surface area contributed by atoms with Gasteiger partial charge in [-0.2, -0.15) is 0 Å². The number of hydrogen-bond acceptors (Lipinski definition) is 4. The lowest BCUT2D eigenvalue weighted by Gasteiger charge is -2.20. The molecule has 0 radical (unpaired) electrons. The zero-order valence-corrected chi connectivity index (χ0v) is 20.4. The van der Waals surface area contributed by atoms with Gasteiger partial charge in [0, 0.05) is 51.2 Å². The quantitative estimate of drug-likeness (QED) is 0.500. The summed E-state index contributed by atoms with van der Waals surface area (Å²) >= 11 is 0. The van der Waals surface area contributed by atoms with E-state index in [0.29, 0.717) is 6.54 Å². The van der Waals surface area contributed by atoms with Gasteiger partial charge in [-0.25, -0.2) is 4.99 Å². The number of carbonyl (C=O) groups is 1. The Morgan fingerprint density at radius 2 is 1.84 bits per heavy atom. The van der Waals surface area contributed by atoms with Crippen molar-refractivity contribution in [1.82, 2.24) is 25.3 Å². The van der Waals surface area contributed by atoms with Crippen molar-refractivity contribution < 1.29 is 4.79 Å². The average molecular weight is 443 g/mol. The molecule has 1 amide bonds. The molecule has 1 aromatic rings. The SMILES string of the molecule is CCNC(=NCc1ccc(CN2CCCN(C)CC2)cc1)NC1CCN(C(=O)C(C)C)C1. The van der Waals surface area contributed by atoms with Crippen molar-refractivity contribution in [3.8, 4) is 0 Å². The van der Waals surface area contributed by atoms with Crippen LogP contribution >= 0.6 is 0 Å². The Balaban J connectivity index is 1.51. The summed E-state index contributed by atoms with van der Waals surface area (Å²) in [6.07, 6.45) is 2.21. The molecule has 7 nitrogen and oxygen atoms in total. The summed E-state index contributed by atoms with van der Waals surface area (Å²) < 4.78 is 0. The highest BCUT2D eigenvalue weighted by Gasteiger charge is 2.27. The van der Waals surface area contributed by atoms with Gasteiger partial charge in [-0.05, 0) is 51.0 Å². The first-order valence-electron chi connectivity index (χ1n) is 12.3.